The summed E-state index contributed by atoms with van der Waals surface area (Å²) in [4.78, 5) is 83.6. The molecule has 10 atom stereocenters. The Balaban J connectivity index is 0.00000286. The predicted octanol–water partition coefficient (Wildman–Crippen LogP) is 3.26. The van der Waals surface area contributed by atoms with E-state index in [0.717, 1.165) is 5.57 Å². The van der Waals surface area contributed by atoms with E-state index in [4.69, 9.17) is 0 Å². The first kappa shape index (κ1) is 51.3. The second-order valence-corrected chi connectivity index (χ2v) is 19.1. The fraction of sp³-hybridized carbons (Fsp3) is 0.727. The van der Waals surface area contributed by atoms with Gasteiger partial charge in [-0.1, -0.05) is 114 Å². The molecule has 0 saturated carbocycles. The molecular weight excluding hydrogens is 769 g/mol. The van der Waals surface area contributed by atoms with E-state index in [1.165, 1.54) is 0 Å². The number of thiol groups is 1. The molecule has 1 saturated heterocycles. The monoisotopic (exact) mass is 845 g/mol. The van der Waals surface area contributed by atoms with Gasteiger partial charge in [-0.15, -0.1) is 0 Å². The molecule has 0 bridgehead atoms. The molecule has 0 spiro atoms. The van der Waals surface area contributed by atoms with E-state index in [0.29, 0.717) is 11.7 Å². The Morgan fingerprint density at radius 2 is 1.12 bits per heavy atom. The molecule has 4 unspecified atom stereocenters. The highest BCUT2D eigenvalue weighted by Crippen LogP contribution is 2.29. The van der Waals surface area contributed by atoms with Crippen LogP contribution in [0.3, 0.4) is 0 Å². The third-order valence-electron chi connectivity index (χ3n) is 10.9. The molecule has 2 aliphatic heterocycles. The van der Waals surface area contributed by atoms with Crippen LogP contribution in [-0.4, -0.2) is 95.6 Å². The van der Waals surface area contributed by atoms with Gasteiger partial charge >= 0.3 is 0 Å². The van der Waals surface area contributed by atoms with Crippen molar-refractivity contribution >= 4 is 48.1 Å². The van der Waals surface area contributed by atoms with Gasteiger partial charge in [-0.25, -0.2) is 0 Å². The third kappa shape index (κ3) is 16.3. The zero-order valence-electron chi connectivity index (χ0n) is 37.8. The zero-order chi connectivity index (χ0) is 44.7. The normalized spacial score (nSPS) is 29.5. The van der Waals surface area contributed by atoms with Crippen LogP contribution in [0.25, 0.3) is 0 Å². The topological polar surface area (TPSA) is 199 Å². The lowest BCUT2D eigenvalue weighted by Gasteiger charge is -2.31. The smallest absolute Gasteiger partial charge is 0.243 e. The van der Waals surface area contributed by atoms with Crippen LogP contribution in [0, 0.1) is 35.5 Å². The van der Waals surface area contributed by atoms with Gasteiger partial charge in [-0.2, -0.15) is 12.6 Å². The first-order chi connectivity index (χ1) is 27.6. The summed E-state index contributed by atoms with van der Waals surface area (Å²) < 4.78 is 0. The van der Waals surface area contributed by atoms with Crippen LogP contribution < -0.4 is 42.5 Å². The van der Waals surface area contributed by atoms with E-state index in [9.17, 15) is 28.8 Å². The maximum atomic E-state index is 14.2. The number of amides is 6. The van der Waals surface area contributed by atoms with Gasteiger partial charge in [-0.3, -0.25) is 28.8 Å². The number of hydrogen-bond donors (Lipinski definition) is 9. The summed E-state index contributed by atoms with van der Waals surface area (Å²) in [5.74, 6) is -3.97. The van der Waals surface area contributed by atoms with Gasteiger partial charge in [0, 0.05) is 18.5 Å². The maximum Gasteiger partial charge on any atom is 0.243 e. The summed E-state index contributed by atoms with van der Waals surface area (Å²) in [5.41, 5.74) is 0.949. The average Bonchev–Trinajstić information content (AvgIpc) is 3.56. The number of nitrogens with one attached hydrogen (secondary N) is 8. The first-order valence-electron chi connectivity index (χ1n) is 21.6. The maximum absolute atomic E-state index is 14.2. The molecule has 0 aromatic heterocycles. The molecule has 8 N–H and O–H groups in total. The average molecular weight is 845 g/mol. The second kappa shape index (κ2) is 24.4. The van der Waals surface area contributed by atoms with Gasteiger partial charge < -0.3 is 42.5 Å². The number of fused-ring (bicyclic) bond motifs is 1. The van der Waals surface area contributed by atoms with Gasteiger partial charge in [0.25, 0.3) is 0 Å². The SMILES string of the molecule is CC(C)S.CC[C@H](C)[C@H]1NC(=O)[C@H](C)NC[C@H](C(C)C)NC(=O)[C@@H](CC2=CNC3C=CC=CC23)NC(=O)C(C(C)C)NC(=O)[C@@H](CC(C)C)NC(=O)C(C(C)C)NC1=O. The lowest BCUT2D eigenvalue weighted by Crippen LogP contribution is -2.61. The van der Waals surface area contributed by atoms with Gasteiger partial charge in [0.05, 0.1) is 12.1 Å². The molecule has 14 nitrogen and oxygen atoms in total. The molecule has 15 heteroatoms. The molecule has 59 heavy (non-hydrogen) atoms. The largest absolute Gasteiger partial charge is 0.384 e. The minimum absolute atomic E-state index is 0.00711. The van der Waals surface area contributed by atoms with Gasteiger partial charge in [0.15, 0.2) is 0 Å². The second-order valence-electron chi connectivity index (χ2n) is 18.1. The Labute approximate surface area is 359 Å². The Hall–Kier alpha value is -3.85. The van der Waals surface area contributed by atoms with Crippen LogP contribution in [0.2, 0.25) is 0 Å². The summed E-state index contributed by atoms with van der Waals surface area (Å²) >= 11 is 3.97. The minimum atomic E-state index is -1.03. The van der Waals surface area contributed by atoms with E-state index in [1.807, 2.05) is 73.7 Å². The molecule has 1 fully saturated rings. The van der Waals surface area contributed by atoms with Gasteiger partial charge in [0.2, 0.25) is 35.4 Å². The molecule has 6 amide bonds. The van der Waals surface area contributed by atoms with Crippen molar-refractivity contribution in [1.29, 1.82) is 0 Å². The van der Waals surface area contributed by atoms with Gasteiger partial charge in [-0.05, 0) is 66.4 Å². The zero-order valence-corrected chi connectivity index (χ0v) is 38.7. The molecule has 0 aromatic carbocycles. The van der Waals surface area contributed by atoms with Crippen molar-refractivity contribution in [2.24, 2.45) is 35.5 Å². The lowest BCUT2D eigenvalue weighted by molar-refractivity contribution is -0.136. The van der Waals surface area contributed by atoms with E-state index >= 15 is 0 Å². The van der Waals surface area contributed by atoms with Crippen LogP contribution >= 0.6 is 12.6 Å². The highest BCUT2D eigenvalue weighted by atomic mass is 32.1. The summed E-state index contributed by atoms with van der Waals surface area (Å²) in [6.45, 7) is 24.7. The quantitative estimate of drug-likeness (QED) is 0.158. The minimum Gasteiger partial charge on any atom is -0.384 e. The van der Waals surface area contributed by atoms with Crippen molar-refractivity contribution in [3.05, 3.63) is 36.1 Å². The Kier molecular flexibility index (Phi) is 21.2. The van der Waals surface area contributed by atoms with E-state index in [-0.39, 0.29) is 60.9 Å². The lowest BCUT2D eigenvalue weighted by atomic mass is 9.87. The number of rotatable bonds is 9. The van der Waals surface area contributed by atoms with Crippen molar-refractivity contribution in [2.45, 2.75) is 163 Å². The van der Waals surface area contributed by atoms with Crippen molar-refractivity contribution in [1.82, 2.24) is 42.5 Å². The van der Waals surface area contributed by atoms with E-state index in [2.05, 4.69) is 67.3 Å². The standard InChI is InChI=1S/C41H68N8O6.C3H8S/c1-12-25(10)35-41(55)48-34(24(8)9)40(54)44-30(17-21(2)3)38(52)47-33(23(6)7)39(53)45-31(18-27-19-43-29-16-14-13-15-28(27)29)37(51)46-32(22(4)5)20-42-26(11)36(50)49-35;1-3(2)4/h13-16,19,21-26,28-35,42-43H,12,17-18,20H2,1-11H3,(H,44,54)(H,45,53)(H,46,51)(H,47,52)(H,48,55)(H,49,50);3-4H,1-2H3/t25-,26-,28?,29?,30+,31+,32+,33?,34?,35+;/m0./s1. The highest BCUT2D eigenvalue weighted by Gasteiger charge is 2.38. The summed E-state index contributed by atoms with van der Waals surface area (Å²) in [6.07, 6.45) is 11.0. The van der Waals surface area contributed by atoms with Crippen LogP contribution in [0.5, 0.6) is 0 Å². The Morgan fingerprint density at radius 3 is 1.64 bits per heavy atom. The Bertz CT molecular complexity index is 1520. The molecular formula is C44H76N8O6S. The van der Waals surface area contributed by atoms with Gasteiger partial charge in [0.1, 0.15) is 30.2 Å². The molecule has 3 aliphatic rings. The van der Waals surface area contributed by atoms with Crippen LogP contribution in [-0.2, 0) is 28.8 Å². The highest BCUT2D eigenvalue weighted by molar-refractivity contribution is 7.80. The fourth-order valence-corrected chi connectivity index (χ4v) is 6.97. The molecule has 334 valence electrons. The molecule has 3 rings (SSSR count). The first-order valence-corrected chi connectivity index (χ1v) is 22.1. The number of carbonyl (C=O) groups excluding carboxylic acids is 6. The Morgan fingerprint density at radius 1 is 0.627 bits per heavy atom. The van der Waals surface area contributed by atoms with Crippen molar-refractivity contribution < 1.29 is 28.8 Å². The van der Waals surface area contributed by atoms with Crippen molar-refractivity contribution in [2.75, 3.05) is 6.54 Å². The fourth-order valence-electron chi connectivity index (χ4n) is 6.97. The predicted molar refractivity (Wildman–Crippen MR) is 238 cm³/mol. The molecule has 0 radical (unpaired) electrons. The number of carbonyl (C=O) groups is 6. The summed E-state index contributed by atoms with van der Waals surface area (Å²) in [6, 6.07) is -6.08. The molecule has 1 aliphatic carbocycles. The van der Waals surface area contributed by atoms with E-state index < -0.39 is 77.7 Å². The molecule has 0 aromatic rings. The summed E-state index contributed by atoms with van der Waals surface area (Å²) in [5, 5.41) is 24.7. The third-order valence-corrected chi connectivity index (χ3v) is 10.9. The van der Waals surface area contributed by atoms with E-state index in [1.54, 1.807) is 34.6 Å². The van der Waals surface area contributed by atoms with Crippen molar-refractivity contribution in [3.8, 4) is 0 Å². The van der Waals surface area contributed by atoms with Crippen LogP contribution in [0.1, 0.15) is 109 Å². The van der Waals surface area contributed by atoms with Crippen molar-refractivity contribution in [3.63, 3.8) is 0 Å². The van der Waals surface area contributed by atoms with Crippen LogP contribution in [0.4, 0.5) is 0 Å². The molecule has 2 heterocycles. The number of hydrogen-bond acceptors (Lipinski definition) is 9. The van der Waals surface area contributed by atoms with Crippen LogP contribution in [0.15, 0.2) is 36.1 Å². The summed E-state index contributed by atoms with van der Waals surface area (Å²) in [7, 11) is 0. The number of allylic oxidation sites excluding steroid dienone is 2.